The standard InChI is InChI=1S/C8H9NO/c10-8-4-7(8)6-2-1-3-9-5-6/h1-3,5,7-8,10H,4H2. The average molecular weight is 135 g/mol. The van der Waals surface area contributed by atoms with Crippen molar-refractivity contribution < 1.29 is 5.11 Å². The normalized spacial score (nSPS) is 30.1. The van der Waals surface area contributed by atoms with Gasteiger partial charge < -0.3 is 5.11 Å². The van der Waals surface area contributed by atoms with Gasteiger partial charge >= 0.3 is 0 Å². The Morgan fingerprint density at radius 3 is 2.90 bits per heavy atom. The predicted molar refractivity (Wildman–Crippen MR) is 37.6 cm³/mol. The lowest BCUT2D eigenvalue weighted by molar-refractivity contribution is 0.271. The Morgan fingerprint density at radius 1 is 1.60 bits per heavy atom. The molecule has 0 spiro atoms. The Kier molecular flexibility index (Phi) is 1.21. The highest BCUT2D eigenvalue weighted by atomic mass is 16.3. The summed E-state index contributed by atoms with van der Waals surface area (Å²) in [7, 11) is 0. The summed E-state index contributed by atoms with van der Waals surface area (Å²) in [6, 6.07) is 3.91. The Bertz CT molecular complexity index is 222. The largest absolute Gasteiger partial charge is 0.392 e. The molecule has 2 rings (SSSR count). The molecule has 1 aromatic rings. The molecule has 1 fully saturated rings. The molecule has 1 aromatic heterocycles. The van der Waals surface area contributed by atoms with Crippen molar-refractivity contribution in [2.45, 2.75) is 18.4 Å². The van der Waals surface area contributed by atoms with E-state index < -0.39 is 0 Å². The fourth-order valence-electron chi connectivity index (χ4n) is 1.14. The fraction of sp³-hybridized carbons (Fsp3) is 0.375. The first-order valence-corrected chi connectivity index (χ1v) is 3.46. The zero-order valence-corrected chi connectivity index (χ0v) is 5.57. The first-order valence-electron chi connectivity index (χ1n) is 3.46. The number of aliphatic hydroxyl groups is 1. The zero-order valence-electron chi connectivity index (χ0n) is 5.57. The maximum absolute atomic E-state index is 9.05. The van der Waals surface area contributed by atoms with E-state index in [1.54, 1.807) is 6.20 Å². The fourth-order valence-corrected chi connectivity index (χ4v) is 1.14. The molecule has 1 aliphatic rings. The van der Waals surface area contributed by atoms with Crippen molar-refractivity contribution >= 4 is 0 Å². The quantitative estimate of drug-likeness (QED) is 0.621. The summed E-state index contributed by atoms with van der Waals surface area (Å²) in [5, 5.41) is 9.05. The van der Waals surface area contributed by atoms with Gasteiger partial charge in [-0.05, 0) is 18.1 Å². The van der Waals surface area contributed by atoms with E-state index in [0.29, 0.717) is 5.92 Å². The van der Waals surface area contributed by atoms with Crippen LogP contribution in [0, 0.1) is 0 Å². The maximum Gasteiger partial charge on any atom is 0.0617 e. The van der Waals surface area contributed by atoms with Crippen molar-refractivity contribution in [3.63, 3.8) is 0 Å². The molecule has 0 bridgehead atoms. The lowest BCUT2D eigenvalue weighted by Gasteiger charge is -1.93. The van der Waals surface area contributed by atoms with Crippen LogP contribution in [-0.2, 0) is 0 Å². The minimum atomic E-state index is -0.107. The third-order valence-electron chi connectivity index (χ3n) is 1.87. The summed E-state index contributed by atoms with van der Waals surface area (Å²) in [4.78, 5) is 3.97. The lowest BCUT2D eigenvalue weighted by Crippen LogP contribution is -1.85. The van der Waals surface area contributed by atoms with Crippen molar-refractivity contribution in [2.75, 3.05) is 0 Å². The molecule has 1 saturated carbocycles. The molecule has 52 valence electrons. The van der Waals surface area contributed by atoms with Crippen LogP contribution >= 0.6 is 0 Å². The van der Waals surface area contributed by atoms with E-state index in [1.807, 2.05) is 18.3 Å². The molecule has 2 unspecified atom stereocenters. The van der Waals surface area contributed by atoms with E-state index in [0.717, 1.165) is 12.0 Å². The molecule has 1 N–H and O–H groups in total. The van der Waals surface area contributed by atoms with Crippen LogP contribution in [0.1, 0.15) is 17.9 Å². The minimum absolute atomic E-state index is 0.107. The van der Waals surface area contributed by atoms with Gasteiger partial charge in [0.05, 0.1) is 6.10 Å². The third kappa shape index (κ3) is 0.907. The first kappa shape index (κ1) is 5.86. The Labute approximate surface area is 59.5 Å². The van der Waals surface area contributed by atoms with Gasteiger partial charge in [0, 0.05) is 18.3 Å². The molecule has 0 saturated heterocycles. The second kappa shape index (κ2) is 2.06. The van der Waals surface area contributed by atoms with E-state index in [-0.39, 0.29) is 6.10 Å². The summed E-state index contributed by atoms with van der Waals surface area (Å²) < 4.78 is 0. The van der Waals surface area contributed by atoms with Crippen LogP contribution in [0.15, 0.2) is 24.5 Å². The molecule has 2 heteroatoms. The Hall–Kier alpha value is -0.890. The third-order valence-corrected chi connectivity index (χ3v) is 1.87. The van der Waals surface area contributed by atoms with Gasteiger partial charge in [0.1, 0.15) is 0 Å². The summed E-state index contributed by atoms with van der Waals surface area (Å²) in [6.45, 7) is 0. The van der Waals surface area contributed by atoms with Gasteiger partial charge in [-0.15, -0.1) is 0 Å². The van der Waals surface area contributed by atoms with Gasteiger partial charge in [-0.2, -0.15) is 0 Å². The van der Waals surface area contributed by atoms with Crippen LogP contribution in [0.5, 0.6) is 0 Å². The molecule has 1 aliphatic carbocycles. The highest BCUT2D eigenvalue weighted by Gasteiger charge is 2.36. The van der Waals surface area contributed by atoms with E-state index in [4.69, 9.17) is 5.11 Å². The van der Waals surface area contributed by atoms with E-state index in [1.165, 1.54) is 0 Å². The van der Waals surface area contributed by atoms with E-state index in [9.17, 15) is 0 Å². The van der Waals surface area contributed by atoms with Crippen LogP contribution < -0.4 is 0 Å². The number of hydrogen-bond acceptors (Lipinski definition) is 2. The number of aromatic nitrogens is 1. The number of aliphatic hydroxyl groups excluding tert-OH is 1. The summed E-state index contributed by atoms with van der Waals surface area (Å²) in [5.74, 6) is 0.369. The molecular formula is C8H9NO. The first-order chi connectivity index (χ1) is 4.88. The molecular weight excluding hydrogens is 126 g/mol. The van der Waals surface area contributed by atoms with Crippen molar-refractivity contribution in [2.24, 2.45) is 0 Å². The molecule has 0 radical (unpaired) electrons. The van der Waals surface area contributed by atoms with Gasteiger partial charge in [0.15, 0.2) is 0 Å². The average Bonchev–Trinajstić information content (AvgIpc) is 2.69. The van der Waals surface area contributed by atoms with Crippen LogP contribution in [0.2, 0.25) is 0 Å². The highest BCUT2D eigenvalue weighted by Crippen LogP contribution is 2.39. The van der Waals surface area contributed by atoms with Crippen LogP contribution in [0.3, 0.4) is 0 Å². The number of rotatable bonds is 1. The summed E-state index contributed by atoms with van der Waals surface area (Å²) in [6.07, 6.45) is 4.37. The van der Waals surface area contributed by atoms with Crippen molar-refractivity contribution in [3.05, 3.63) is 30.1 Å². The topological polar surface area (TPSA) is 33.1 Å². The molecule has 2 atom stereocenters. The molecule has 0 aliphatic heterocycles. The van der Waals surface area contributed by atoms with Crippen molar-refractivity contribution in [1.82, 2.24) is 4.98 Å². The SMILES string of the molecule is OC1CC1c1cccnc1. The van der Waals surface area contributed by atoms with Gasteiger partial charge in [-0.1, -0.05) is 6.07 Å². The van der Waals surface area contributed by atoms with Crippen LogP contribution in [0.4, 0.5) is 0 Å². The predicted octanol–water partition coefficient (Wildman–Crippen LogP) is 0.930. The van der Waals surface area contributed by atoms with E-state index in [2.05, 4.69) is 4.98 Å². The molecule has 0 aromatic carbocycles. The maximum atomic E-state index is 9.05. The smallest absolute Gasteiger partial charge is 0.0617 e. The molecule has 2 nitrogen and oxygen atoms in total. The van der Waals surface area contributed by atoms with Gasteiger partial charge in [0.25, 0.3) is 0 Å². The monoisotopic (exact) mass is 135 g/mol. The highest BCUT2D eigenvalue weighted by molar-refractivity contribution is 5.22. The number of hydrogen-bond donors (Lipinski definition) is 1. The van der Waals surface area contributed by atoms with Crippen LogP contribution in [0.25, 0.3) is 0 Å². The van der Waals surface area contributed by atoms with Gasteiger partial charge in [0.2, 0.25) is 0 Å². The zero-order chi connectivity index (χ0) is 6.97. The molecule has 1 heterocycles. The second-order valence-electron chi connectivity index (χ2n) is 2.70. The summed E-state index contributed by atoms with van der Waals surface area (Å²) in [5.41, 5.74) is 1.16. The molecule has 10 heavy (non-hydrogen) atoms. The van der Waals surface area contributed by atoms with Gasteiger partial charge in [-0.3, -0.25) is 4.98 Å². The van der Waals surface area contributed by atoms with Crippen molar-refractivity contribution in [3.8, 4) is 0 Å². The van der Waals surface area contributed by atoms with Crippen molar-refractivity contribution in [1.29, 1.82) is 0 Å². The minimum Gasteiger partial charge on any atom is -0.392 e. The second-order valence-corrected chi connectivity index (χ2v) is 2.70. The molecule has 0 amide bonds. The lowest BCUT2D eigenvalue weighted by atomic mass is 10.2. The van der Waals surface area contributed by atoms with Crippen LogP contribution in [-0.4, -0.2) is 16.2 Å². The summed E-state index contributed by atoms with van der Waals surface area (Å²) >= 11 is 0. The Morgan fingerprint density at radius 2 is 2.40 bits per heavy atom. The van der Waals surface area contributed by atoms with Gasteiger partial charge in [-0.25, -0.2) is 0 Å². The number of pyridine rings is 1. The number of nitrogens with zero attached hydrogens (tertiary/aromatic N) is 1. The van der Waals surface area contributed by atoms with E-state index >= 15 is 0 Å². The Balaban J connectivity index is 2.20.